The fourth-order valence-corrected chi connectivity index (χ4v) is 1.96. The maximum atomic E-state index is 11.9. The Hall–Kier alpha value is -1.81. The first kappa shape index (κ1) is 13.6. The molecule has 0 saturated heterocycles. The molecule has 1 aromatic carbocycles. The predicted molar refractivity (Wildman–Crippen MR) is 73.4 cm³/mol. The van der Waals surface area contributed by atoms with Crippen LogP contribution in [0.15, 0.2) is 40.9 Å². The number of alkyl halides is 1. The zero-order chi connectivity index (χ0) is 13.7. The largest absolute Gasteiger partial charge is 0.351 e. The molecule has 1 heterocycles. The molecule has 1 aromatic heterocycles. The first-order valence-corrected chi connectivity index (χ1v) is 6.56. The van der Waals surface area contributed by atoms with Crippen molar-refractivity contribution >= 4 is 17.5 Å². The lowest BCUT2D eigenvalue weighted by molar-refractivity contribution is 0.0903. The van der Waals surface area contributed by atoms with Crippen molar-refractivity contribution in [3.05, 3.63) is 53.4 Å². The molecule has 1 amide bonds. The van der Waals surface area contributed by atoms with Crippen LogP contribution in [0.1, 0.15) is 21.8 Å². The fourth-order valence-electron chi connectivity index (χ4n) is 1.77. The van der Waals surface area contributed by atoms with Gasteiger partial charge < -0.3 is 9.84 Å². The molecule has 0 aliphatic heterocycles. The van der Waals surface area contributed by atoms with Gasteiger partial charge in [0.2, 0.25) is 5.76 Å². The van der Waals surface area contributed by atoms with Crippen molar-refractivity contribution in [3.8, 4) is 0 Å². The number of nitrogens with one attached hydrogen (secondary N) is 1. The van der Waals surface area contributed by atoms with Crippen LogP contribution in [-0.4, -0.2) is 23.0 Å². The Bertz CT molecular complexity index is 539. The van der Waals surface area contributed by atoms with Crippen molar-refractivity contribution in [2.24, 2.45) is 0 Å². The summed E-state index contributed by atoms with van der Waals surface area (Å²) in [5, 5.41) is 6.53. The zero-order valence-electron chi connectivity index (χ0n) is 10.6. The average Bonchev–Trinajstić information content (AvgIpc) is 2.86. The summed E-state index contributed by atoms with van der Waals surface area (Å²) in [5.74, 6) is 0.260. The Kier molecular flexibility index (Phi) is 4.58. The predicted octanol–water partition coefficient (Wildman–Crippen LogP) is 2.56. The van der Waals surface area contributed by atoms with E-state index in [0.29, 0.717) is 18.0 Å². The van der Waals surface area contributed by atoms with E-state index in [9.17, 15) is 4.79 Å². The molecule has 0 aliphatic rings. The van der Waals surface area contributed by atoms with Crippen molar-refractivity contribution < 1.29 is 9.32 Å². The van der Waals surface area contributed by atoms with Crippen LogP contribution in [0.4, 0.5) is 0 Å². The highest BCUT2D eigenvalue weighted by molar-refractivity contribution is 6.18. The molecule has 0 saturated carbocycles. The number of aryl methyl sites for hydroxylation is 1. The molecule has 0 radical (unpaired) electrons. The van der Waals surface area contributed by atoms with E-state index >= 15 is 0 Å². The first-order valence-electron chi connectivity index (χ1n) is 6.03. The third-order valence-corrected chi connectivity index (χ3v) is 3.07. The smallest absolute Gasteiger partial charge is 0.290 e. The summed E-state index contributed by atoms with van der Waals surface area (Å²) in [6.45, 7) is 1.77. The van der Waals surface area contributed by atoms with Crippen LogP contribution in [0.5, 0.6) is 0 Å². The van der Waals surface area contributed by atoms with Gasteiger partial charge in [0.25, 0.3) is 5.91 Å². The molecule has 19 heavy (non-hydrogen) atoms. The quantitative estimate of drug-likeness (QED) is 0.855. The Labute approximate surface area is 116 Å². The van der Waals surface area contributed by atoms with E-state index in [1.807, 2.05) is 30.3 Å². The molecular weight excluding hydrogens is 264 g/mol. The summed E-state index contributed by atoms with van der Waals surface area (Å²) < 4.78 is 4.92. The second-order valence-corrected chi connectivity index (χ2v) is 4.66. The molecule has 5 heteroatoms. The SMILES string of the molecule is Cc1cc(C(=O)NC(CCl)Cc2ccccc2)on1. The molecule has 2 rings (SSSR count). The number of aromatic nitrogens is 1. The Morgan fingerprint density at radius 1 is 1.42 bits per heavy atom. The van der Waals surface area contributed by atoms with Crippen molar-refractivity contribution in [1.82, 2.24) is 10.5 Å². The van der Waals surface area contributed by atoms with E-state index in [-0.39, 0.29) is 17.7 Å². The Morgan fingerprint density at radius 3 is 2.74 bits per heavy atom. The standard InChI is InChI=1S/C14H15ClN2O2/c1-10-7-13(19-17-10)14(18)16-12(9-15)8-11-5-3-2-4-6-11/h2-7,12H,8-9H2,1H3,(H,16,18). The molecule has 100 valence electrons. The van der Waals surface area contributed by atoms with E-state index in [1.165, 1.54) is 0 Å². The Balaban J connectivity index is 1.97. The minimum absolute atomic E-state index is 0.137. The van der Waals surface area contributed by atoms with Gasteiger partial charge in [0.05, 0.1) is 5.69 Å². The van der Waals surface area contributed by atoms with E-state index in [4.69, 9.17) is 16.1 Å². The lowest BCUT2D eigenvalue weighted by Gasteiger charge is -2.15. The van der Waals surface area contributed by atoms with Crippen LogP contribution in [0.2, 0.25) is 0 Å². The van der Waals surface area contributed by atoms with Gasteiger partial charge in [0, 0.05) is 18.0 Å². The summed E-state index contributed by atoms with van der Waals surface area (Å²) in [6.07, 6.45) is 0.684. The lowest BCUT2D eigenvalue weighted by Crippen LogP contribution is -2.37. The zero-order valence-corrected chi connectivity index (χ0v) is 11.4. The van der Waals surface area contributed by atoms with Crippen LogP contribution in [0.25, 0.3) is 0 Å². The van der Waals surface area contributed by atoms with Crippen LogP contribution < -0.4 is 5.32 Å². The van der Waals surface area contributed by atoms with Gasteiger partial charge in [-0.05, 0) is 18.9 Å². The third-order valence-electron chi connectivity index (χ3n) is 2.70. The van der Waals surface area contributed by atoms with Crippen LogP contribution in [0, 0.1) is 6.92 Å². The number of amides is 1. The van der Waals surface area contributed by atoms with Gasteiger partial charge >= 0.3 is 0 Å². The molecule has 1 unspecified atom stereocenters. The fraction of sp³-hybridized carbons (Fsp3) is 0.286. The van der Waals surface area contributed by atoms with Gasteiger partial charge in [0.1, 0.15) is 0 Å². The molecule has 0 bridgehead atoms. The van der Waals surface area contributed by atoms with Gasteiger partial charge in [-0.1, -0.05) is 35.5 Å². The van der Waals surface area contributed by atoms with Gasteiger partial charge in [-0.15, -0.1) is 11.6 Å². The van der Waals surface area contributed by atoms with Crippen molar-refractivity contribution in [2.75, 3.05) is 5.88 Å². The summed E-state index contributed by atoms with van der Waals surface area (Å²) in [5.41, 5.74) is 1.80. The van der Waals surface area contributed by atoms with Crippen molar-refractivity contribution in [3.63, 3.8) is 0 Å². The number of halogens is 1. The second-order valence-electron chi connectivity index (χ2n) is 4.35. The maximum Gasteiger partial charge on any atom is 0.290 e. The summed E-state index contributed by atoms with van der Waals surface area (Å²) >= 11 is 5.89. The van der Waals surface area contributed by atoms with E-state index in [2.05, 4.69) is 10.5 Å². The highest BCUT2D eigenvalue weighted by Crippen LogP contribution is 2.07. The first-order chi connectivity index (χ1) is 9.19. The van der Waals surface area contributed by atoms with Gasteiger partial charge in [-0.3, -0.25) is 4.79 Å². The highest BCUT2D eigenvalue weighted by atomic mass is 35.5. The topological polar surface area (TPSA) is 55.1 Å². The monoisotopic (exact) mass is 278 g/mol. The number of carbonyl (C=O) groups is 1. The number of nitrogens with zero attached hydrogens (tertiary/aromatic N) is 1. The van der Waals surface area contributed by atoms with Gasteiger partial charge in [0.15, 0.2) is 0 Å². The van der Waals surface area contributed by atoms with Crippen LogP contribution in [-0.2, 0) is 6.42 Å². The molecule has 0 fully saturated rings. The molecule has 0 spiro atoms. The van der Waals surface area contributed by atoms with E-state index < -0.39 is 0 Å². The van der Waals surface area contributed by atoms with Crippen molar-refractivity contribution in [2.45, 2.75) is 19.4 Å². The molecule has 2 aromatic rings. The summed E-state index contributed by atoms with van der Waals surface area (Å²) in [7, 11) is 0. The number of carbonyl (C=O) groups excluding carboxylic acids is 1. The van der Waals surface area contributed by atoms with Crippen molar-refractivity contribution in [1.29, 1.82) is 0 Å². The molecule has 4 nitrogen and oxygen atoms in total. The summed E-state index contributed by atoms with van der Waals surface area (Å²) in [4.78, 5) is 11.9. The third kappa shape index (κ3) is 3.83. The highest BCUT2D eigenvalue weighted by Gasteiger charge is 2.16. The minimum atomic E-state index is -0.290. The lowest BCUT2D eigenvalue weighted by atomic mass is 10.1. The maximum absolute atomic E-state index is 11.9. The minimum Gasteiger partial charge on any atom is -0.351 e. The average molecular weight is 279 g/mol. The number of hydrogen-bond acceptors (Lipinski definition) is 3. The number of hydrogen-bond donors (Lipinski definition) is 1. The number of benzene rings is 1. The number of rotatable bonds is 5. The van der Waals surface area contributed by atoms with E-state index in [0.717, 1.165) is 5.56 Å². The molecular formula is C14H15ClN2O2. The van der Waals surface area contributed by atoms with Crippen LogP contribution >= 0.6 is 11.6 Å². The molecule has 0 aliphatic carbocycles. The van der Waals surface area contributed by atoms with Gasteiger partial charge in [-0.2, -0.15) is 0 Å². The molecule has 1 N–H and O–H groups in total. The normalized spacial score (nSPS) is 12.1. The van der Waals surface area contributed by atoms with E-state index in [1.54, 1.807) is 13.0 Å². The van der Waals surface area contributed by atoms with Crippen LogP contribution in [0.3, 0.4) is 0 Å². The summed E-state index contributed by atoms with van der Waals surface area (Å²) in [6, 6.07) is 11.3. The molecule has 1 atom stereocenters. The second kappa shape index (κ2) is 6.38. The Morgan fingerprint density at radius 2 is 2.16 bits per heavy atom. The van der Waals surface area contributed by atoms with Gasteiger partial charge in [-0.25, -0.2) is 0 Å².